The largest absolute Gasteiger partial charge is 0.486 e. The summed E-state index contributed by atoms with van der Waals surface area (Å²) in [5.74, 6) is 1.24. The monoisotopic (exact) mass is 445 g/mol. The lowest BCUT2D eigenvalue weighted by atomic mass is 9.94. The predicted octanol–water partition coefficient (Wildman–Crippen LogP) is 6.37. The molecular formula is C25H23N3O3S. The minimum absolute atomic E-state index is 0.0291. The van der Waals surface area contributed by atoms with Gasteiger partial charge in [0.1, 0.15) is 11.9 Å². The van der Waals surface area contributed by atoms with Crippen LogP contribution in [0.1, 0.15) is 30.4 Å². The topological polar surface area (TPSA) is 76.4 Å². The number of hydrogen-bond donors (Lipinski definition) is 2. The molecule has 0 spiro atoms. The summed E-state index contributed by atoms with van der Waals surface area (Å²) in [4.78, 5) is 10.3. The Kier molecular flexibility index (Phi) is 6.47. The third-order valence-electron chi connectivity index (χ3n) is 5.33. The van der Waals surface area contributed by atoms with Gasteiger partial charge in [0.2, 0.25) is 0 Å². The number of hydrogen-bond acceptors (Lipinski definition) is 4. The number of rotatable bonds is 6. The van der Waals surface area contributed by atoms with Crippen molar-refractivity contribution in [3.05, 3.63) is 100 Å². The molecule has 0 aromatic heterocycles. The van der Waals surface area contributed by atoms with Gasteiger partial charge in [-0.25, -0.2) is 0 Å². The molecule has 7 heteroatoms. The maximum atomic E-state index is 10.8. The molecule has 6 nitrogen and oxygen atoms in total. The van der Waals surface area contributed by atoms with E-state index in [1.165, 1.54) is 17.7 Å². The van der Waals surface area contributed by atoms with Crippen molar-refractivity contribution in [1.82, 2.24) is 0 Å². The number of nitrogens with one attached hydrogen (secondary N) is 2. The molecule has 2 N–H and O–H groups in total. The van der Waals surface area contributed by atoms with Crippen LogP contribution in [0.15, 0.2) is 78.9 Å². The van der Waals surface area contributed by atoms with E-state index in [1.54, 1.807) is 12.1 Å². The van der Waals surface area contributed by atoms with E-state index in [1.807, 2.05) is 24.3 Å². The number of nitrogens with zero attached hydrogens (tertiary/aromatic N) is 1. The molecule has 0 aliphatic carbocycles. The van der Waals surface area contributed by atoms with Gasteiger partial charge in [-0.3, -0.25) is 10.1 Å². The number of ether oxygens (including phenoxy) is 1. The van der Waals surface area contributed by atoms with Crippen molar-refractivity contribution >= 4 is 40.5 Å². The second-order valence-corrected chi connectivity index (χ2v) is 8.11. The van der Waals surface area contributed by atoms with Gasteiger partial charge in [-0.15, -0.1) is 0 Å². The molecule has 3 aromatic rings. The lowest BCUT2D eigenvalue weighted by Gasteiger charge is -2.25. The molecular weight excluding hydrogens is 422 g/mol. The first-order valence-electron chi connectivity index (χ1n) is 10.3. The molecule has 1 heterocycles. The summed E-state index contributed by atoms with van der Waals surface area (Å²) >= 11 is 5.36. The zero-order chi connectivity index (χ0) is 22.5. The molecule has 2 unspecified atom stereocenters. The van der Waals surface area contributed by atoms with Crippen LogP contribution in [-0.2, 0) is 0 Å². The van der Waals surface area contributed by atoms with Crippen LogP contribution in [-0.4, -0.2) is 16.1 Å². The van der Waals surface area contributed by atoms with E-state index in [0.717, 1.165) is 23.4 Å². The molecule has 3 aromatic carbocycles. The van der Waals surface area contributed by atoms with Crippen molar-refractivity contribution in [2.45, 2.75) is 25.4 Å². The molecule has 1 aliphatic heterocycles. The highest BCUT2D eigenvalue weighted by molar-refractivity contribution is 7.80. The molecule has 0 amide bonds. The minimum atomic E-state index is -0.435. The molecule has 162 valence electrons. The van der Waals surface area contributed by atoms with Crippen molar-refractivity contribution in [2.24, 2.45) is 0 Å². The Hall–Kier alpha value is -3.71. The summed E-state index contributed by atoms with van der Waals surface area (Å²) in [7, 11) is 0. The van der Waals surface area contributed by atoms with Crippen LogP contribution < -0.4 is 15.4 Å². The maximum Gasteiger partial charge on any atom is 0.269 e. The van der Waals surface area contributed by atoms with Crippen molar-refractivity contribution in [3.63, 3.8) is 0 Å². The number of non-ortho nitro benzene ring substituents is 1. The second kappa shape index (κ2) is 9.62. The average molecular weight is 446 g/mol. The second-order valence-electron chi connectivity index (χ2n) is 7.70. The van der Waals surface area contributed by atoms with Gasteiger partial charge in [-0.1, -0.05) is 43.3 Å². The maximum absolute atomic E-state index is 10.8. The molecule has 0 saturated carbocycles. The summed E-state index contributed by atoms with van der Waals surface area (Å²) in [6, 6.07) is 22.4. The summed E-state index contributed by atoms with van der Waals surface area (Å²) < 4.78 is 6.19. The van der Waals surface area contributed by atoms with Gasteiger partial charge in [-0.05, 0) is 66.5 Å². The number of benzene rings is 3. The Balaban J connectivity index is 1.35. The summed E-state index contributed by atoms with van der Waals surface area (Å²) in [6.45, 7) is 2.22. The molecule has 0 fully saturated rings. The van der Waals surface area contributed by atoms with E-state index in [0.29, 0.717) is 16.7 Å². The van der Waals surface area contributed by atoms with Gasteiger partial charge < -0.3 is 15.4 Å². The van der Waals surface area contributed by atoms with Crippen LogP contribution >= 0.6 is 12.2 Å². The van der Waals surface area contributed by atoms with Gasteiger partial charge in [0, 0.05) is 29.1 Å². The van der Waals surface area contributed by atoms with E-state index >= 15 is 0 Å². The first-order valence-corrected chi connectivity index (χ1v) is 10.7. The van der Waals surface area contributed by atoms with Gasteiger partial charge in [0.15, 0.2) is 5.11 Å². The van der Waals surface area contributed by atoms with Crippen LogP contribution in [0.5, 0.6) is 5.75 Å². The number of anilines is 2. The fraction of sp³-hybridized carbons (Fsp3) is 0.160. The van der Waals surface area contributed by atoms with E-state index in [9.17, 15) is 10.1 Å². The quantitative estimate of drug-likeness (QED) is 0.261. The minimum Gasteiger partial charge on any atom is -0.486 e. The van der Waals surface area contributed by atoms with Crippen LogP contribution in [0.2, 0.25) is 0 Å². The molecule has 0 saturated heterocycles. The molecule has 0 radical (unpaired) electrons. The Morgan fingerprint density at radius 1 is 1.06 bits per heavy atom. The Bertz CT molecular complexity index is 1150. The standard InChI is InChI=1S/C25H23N3O3S/c1-17(18-5-3-2-4-6-18)15-23-13-7-19-16-21(10-14-24(19)31-23)27-25(32)26-20-8-11-22(12-9-20)28(29)30/h2-14,16-17,23H,15H2,1H3,(H2,26,27,32). The number of thiocarbonyl (C=S) groups is 1. The first-order chi connectivity index (χ1) is 15.5. The number of nitro benzene ring substituents is 1. The van der Waals surface area contributed by atoms with Gasteiger partial charge >= 0.3 is 0 Å². The first kappa shape index (κ1) is 21.5. The molecule has 4 rings (SSSR count). The smallest absolute Gasteiger partial charge is 0.269 e. The van der Waals surface area contributed by atoms with E-state index in [2.05, 4.69) is 54.0 Å². The zero-order valence-corrected chi connectivity index (χ0v) is 18.3. The zero-order valence-electron chi connectivity index (χ0n) is 17.5. The fourth-order valence-corrected chi connectivity index (χ4v) is 3.87. The van der Waals surface area contributed by atoms with Gasteiger partial charge in [0.25, 0.3) is 5.69 Å². The highest BCUT2D eigenvalue weighted by atomic mass is 32.1. The van der Waals surface area contributed by atoms with Crippen molar-refractivity contribution < 1.29 is 9.66 Å². The Morgan fingerprint density at radius 3 is 2.47 bits per heavy atom. The van der Waals surface area contributed by atoms with Gasteiger partial charge in [-0.2, -0.15) is 0 Å². The number of nitro groups is 1. The summed E-state index contributed by atoms with van der Waals surface area (Å²) in [6.07, 6.45) is 5.11. The van der Waals surface area contributed by atoms with Crippen molar-refractivity contribution in [3.8, 4) is 5.75 Å². The third-order valence-corrected chi connectivity index (χ3v) is 5.53. The lowest BCUT2D eigenvalue weighted by molar-refractivity contribution is -0.384. The van der Waals surface area contributed by atoms with E-state index < -0.39 is 4.92 Å². The SMILES string of the molecule is CC(CC1C=Cc2cc(NC(=S)Nc3ccc([N+](=O)[O-])cc3)ccc2O1)c1ccccc1. The third kappa shape index (κ3) is 5.31. The molecule has 1 aliphatic rings. The van der Waals surface area contributed by atoms with Crippen molar-refractivity contribution in [1.29, 1.82) is 0 Å². The number of fused-ring (bicyclic) bond motifs is 1. The predicted molar refractivity (Wildman–Crippen MR) is 132 cm³/mol. The van der Waals surface area contributed by atoms with Crippen molar-refractivity contribution in [2.75, 3.05) is 10.6 Å². The van der Waals surface area contributed by atoms with E-state index in [4.69, 9.17) is 17.0 Å². The normalized spacial score (nSPS) is 15.2. The molecule has 32 heavy (non-hydrogen) atoms. The van der Waals surface area contributed by atoms with Crippen LogP contribution in [0.25, 0.3) is 6.08 Å². The van der Waals surface area contributed by atoms with Gasteiger partial charge in [0.05, 0.1) is 4.92 Å². The Morgan fingerprint density at radius 2 is 1.75 bits per heavy atom. The molecule has 0 bridgehead atoms. The van der Waals surface area contributed by atoms with Crippen LogP contribution in [0, 0.1) is 10.1 Å². The lowest BCUT2D eigenvalue weighted by Crippen LogP contribution is -2.20. The molecule has 2 atom stereocenters. The Labute approximate surface area is 192 Å². The van der Waals surface area contributed by atoms with Crippen LogP contribution in [0.4, 0.5) is 17.1 Å². The summed E-state index contributed by atoms with van der Waals surface area (Å²) in [5, 5.41) is 17.3. The van der Waals surface area contributed by atoms with Crippen LogP contribution in [0.3, 0.4) is 0 Å². The summed E-state index contributed by atoms with van der Waals surface area (Å²) in [5.41, 5.74) is 3.82. The highest BCUT2D eigenvalue weighted by Crippen LogP contribution is 2.32. The average Bonchev–Trinajstić information content (AvgIpc) is 2.80. The fourth-order valence-electron chi connectivity index (χ4n) is 3.63. The highest BCUT2D eigenvalue weighted by Gasteiger charge is 2.18. The van der Waals surface area contributed by atoms with E-state index in [-0.39, 0.29) is 11.8 Å².